The molecule has 8 heteroatoms. The predicted octanol–water partition coefficient (Wildman–Crippen LogP) is 4.01. The molecule has 1 N–H and O–H groups in total. The van der Waals surface area contributed by atoms with Crippen LogP contribution in [0.3, 0.4) is 0 Å². The molecule has 0 aliphatic heterocycles. The summed E-state index contributed by atoms with van der Waals surface area (Å²) in [5.74, 6) is -0.601. The van der Waals surface area contributed by atoms with Gasteiger partial charge in [-0.1, -0.05) is 6.07 Å². The first-order valence-corrected chi connectivity index (χ1v) is 8.33. The maximum Gasteiger partial charge on any atom is 0.387 e. The van der Waals surface area contributed by atoms with E-state index in [9.17, 15) is 18.0 Å². The summed E-state index contributed by atoms with van der Waals surface area (Å²) in [6, 6.07) is 8.57. The lowest BCUT2D eigenvalue weighted by Crippen LogP contribution is -2.26. The van der Waals surface area contributed by atoms with E-state index in [-0.39, 0.29) is 24.0 Å². The van der Waals surface area contributed by atoms with Crippen LogP contribution in [0.1, 0.15) is 15.9 Å². The fourth-order valence-corrected chi connectivity index (χ4v) is 2.88. The van der Waals surface area contributed by atoms with E-state index in [0.717, 1.165) is 0 Å². The molecule has 0 fully saturated rings. The number of nitrogens with one attached hydrogen (secondary N) is 1. The summed E-state index contributed by atoms with van der Waals surface area (Å²) in [7, 11) is 1.36. The second kappa shape index (κ2) is 8.93. The van der Waals surface area contributed by atoms with Gasteiger partial charge in [0.2, 0.25) is 0 Å². The van der Waals surface area contributed by atoms with Crippen molar-refractivity contribution in [3.8, 4) is 11.5 Å². The van der Waals surface area contributed by atoms with Crippen molar-refractivity contribution in [1.29, 1.82) is 0 Å². The van der Waals surface area contributed by atoms with Crippen molar-refractivity contribution >= 4 is 28.5 Å². The van der Waals surface area contributed by atoms with Crippen molar-refractivity contribution in [3.63, 3.8) is 0 Å². The molecule has 1 amide bonds. The Morgan fingerprint density at radius 3 is 2.60 bits per heavy atom. The number of carbonyl (C=O) groups excluding carboxylic acids is 1. The van der Waals surface area contributed by atoms with Crippen LogP contribution in [-0.4, -0.2) is 26.2 Å². The number of halogens is 4. The van der Waals surface area contributed by atoms with Crippen molar-refractivity contribution in [1.82, 2.24) is 5.32 Å². The Morgan fingerprint density at radius 2 is 1.96 bits per heavy atom. The van der Waals surface area contributed by atoms with Crippen molar-refractivity contribution in [3.05, 3.63) is 56.9 Å². The molecule has 2 rings (SSSR count). The number of methoxy groups -OCH3 is 1. The summed E-state index contributed by atoms with van der Waals surface area (Å²) in [4.78, 5) is 12.1. The van der Waals surface area contributed by atoms with Crippen molar-refractivity contribution < 1.29 is 27.4 Å². The highest BCUT2D eigenvalue weighted by atomic mass is 127. The molecular formula is C17H15F3INO3. The van der Waals surface area contributed by atoms with Crippen LogP contribution in [0.5, 0.6) is 11.5 Å². The van der Waals surface area contributed by atoms with Crippen LogP contribution in [0.25, 0.3) is 0 Å². The van der Waals surface area contributed by atoms with Gasteiger partial charge in [-0.25, -0.2) is 4.39 Å². The smallest absolute Gasteiger partial charge is 0.387 e. The fraction of sp³-hybridized carbons (Fsp3) is 0.235. The number of alkyl halides is 2. The first kappa shape index (κ1) is 19.4. The monoisotopic (exact) mass is 465 g/mol. The number of hydrogen-bond donors (Lipinski definition) is 1. The SMILES string of the molecule is COc1ccc(CCNC(=O)c2ccc(F)cc2I)cc1OC(F)F. The molecule has 0 aliphatic rings. The van der Waals surface area contributed by atoms with Gasteiger partial charge in [-0.05, 0) is 64.9 Å². The molecule has 0 radical (unpaired) electrons. The third-order valence-electron chi connectivity index (χ3n) is 3.32. The van der Waals surface area contributed by atoms with E-state index >= 15 is 0 Å². The Morgan fingerprint density at radius 1 is 1.20 bits per heavy atom. The van der Waals surface area contributed by atoms with E-state index in [4.69, 9.17) is 4.74 Å². The molecule has 0 aliphatic carbocycles. The highest BCUT2D eigenvalue weighted by molar-refractivity contribution is 14.1. The van der Waals surface area contributed by atoms with Gasteiger partial charge < -0.3 is 14.8 Å². The topological polar surface area (TPSA) is 47.6 Å². The Balaban J connectivity index is 1.98. The van der Waals surface area contributed by atoms with Crippen molar-refractivity contribution in [2.75, 3.05) is 13.7 Å². The molecule has 0 saturated carbocycles. The summed E-state index contributed by atoms with van der Waals surface area (Å²) in [6.07, 6.45) is 0.410. The molecule has 0 spiro atoms. The predicted molar refractivity (Wildman–Crippen MR) is 94.8 cm³/mol. The lowest BCUT2D eigenvalue weighted by molar-refractivity contribution is -0.0512. The average Bonchev–Trinajstić information content (AvgIpc) is 2.54. The minimum atomic E-state index is -2.95. The van der Waals surface area contributed by atoms with Gasteiger partial charge in [0.1, 0.15) is 5.82 Å². The fourth-order valence-electron chi connectivity index (χ4n) is 2.15. The van der Waals surface area contributed by atoms with Gasteiger partial charge in [0.15, 0.2) is 11.5 Å². The number of hydrogen-bond acceptors (Lipinski definition) is 3. The Kier molecular flexibility index (Phi) is 6.91. The molecule has 2 aromatic rings. The van der Waals surface area contributed by atoms with E-state index in [0.29, 0.717) is 21.1 Å². The zero-order valence-corrected chi connectivity index (χ0v) is 15.3. The molecule has 0 unspecified atom stereocenters. The van der Waals surface area contributed by atoms with Gasteiger partial charge >= 0.3 is 6.61 Å². The number of ether oxygens (including phenoxy) is 2. The van der Waals surface area contributed by atoms with Crippen LogP contribution < -0.4 is 14.8 Å². The normalized spacial score (nSPS) is 10.6. The highest BCUT2D eigenvalue weighted by Gasteiger charge is 2.13. The van der Waals surface area contributed by atoms with Gasteiger partial charge in [-0.15, -0.1) is 0 Å². The average molecular weight is 465 g/mol. The lowest BCUT2D eigenvalue weighted by Gasteiger charge is -2.12. The summed E-state index contributed by atoms with van der Waals surface area (Å²) in [5, 5.41) is 2.71. The van der Waals surface area contributed by atoms with Crippen molar-refractivity contribution in [2.24, 2.45) is 0 Å². The largest absolute Gasteiger partial charge is 0.493 e. The third-order valence-corrected chi connectivity index (χ3v) is 4.21. The van der Waals surface area contributed by atoms with E-state index < -0.39 is 12.4 Å². The Hall–Kier alpha value is -1.97. The minimum absolute atomic E-state index is 0.0607. The van der Waals surface area contributed by atoms with Crippen molar-refractivity contribution in [2.45, 2.75) is 13.0 Å². The second-order valence-electron chi connectivity index (χ2n) is 4.99. The molecule has 2 aromatic carbocycles. The van der Waals surface area contributed by atoms with Crippen LogP contribution >= 0.6 is 22.6 Å². The van der Waals surface area contributed by atoms with E-state index in [2.05, 4.69) is 10.1 Å². The summed E-state index contributed by atoms with van der Waals surface area (Å²) in [5.41, 5.74) is 1.07. The molecule has 0 saturated heterocycles. The highest BCUT2D eigenvalue weighted by Crippen LogP contribution is 2.29. The minimum Gasteiger partial charge on any atom is -0.493 e. The van der Waals surface area contributed by atoms with Crippen LogP contribution in [0.15, 0.2) is 36.4 Å². The standard InChI is InChI=1S/C17H15F3INO3/c1-24-14-5-2-10(8-15(14)25-17(19)20)6-7-22-16(23)12-4-3-11(18)9-13(12)21/h2-5,8-9,17H,6-7H2,1H3,(H,22,23). The lowest BCUT2D eigenvalue weighted by atomic mass is 10.1. The molecule has 0 heterocycles. The van der Waals surface area contributed by atoms with E-state index in [1.54, 1.807) is 6.07 Å². The molecule has 4 nitrogen and oxygen atoms in total. The Labute approximate surface area is 156 Å². The zero-order valence-electron chi connectivity index (χ0n) is 13.2. The first-order valence-electron chi connectivity index (χ1n) is 7.25. The molecule has 0 atom stereocenters. The van der Waals surface area contributed by atoms with E-state index in [1.165, 1.54) is 37.4 Å². The second-order valence-corrected chi connectivity index (χ2v) is 6.16. The Bertz CT molecular complexity index is 756. The molecular weight excluding hydrogens is 450 g/mol. The van der Waals surface area contributed by atoms with Gasteiger partial charge in [-0.2, -0.15) is 8.78 Å². The van der Waals surface area contributed by atoms with E-state index in [1.807, 2.05) is 22.6 Å². The molecule has 0 bridgehead atoms. The maximum atomic E-state index is 13.1. The number of carbonyl (C=O) groups is 1. The number of amides is 1. The summed E-state index contributed by atoms with van der Waals surface area (Å²) < 4.78 is 47.8. The van der Waals surface area contributed by atoms with Crippen LogP contribution in [0.2, 0.25) is 0 Å². The van der Waals surface area contributed by atoms with Gasteiger partial charge in [-0.3, -0.25) is 4.79 Å². The molecule has 134 valence electrons. The quantitative estimate of drug-likeness (QED) is 0.629. The zero-order chi connectivity index (χ0) is 18.4. The van der Waals surface area contributed by atoms with Gasteiger partial charge in [0.25, 0.3) is 5.91 Å². The molecule has 0 aromatic heterocycles. The third kappa shape index (κ3) is 5.52. The van der Waals surface area contributed by atoms with Crippen LogP contribution in [0, 0.1) is 9.39 Å². The van der Waals surface area contributed by atoms with Gasteiger partial charge in [0.05, 0.1) is 12.7 Å². The summed E-state index contributed by atoms with van der Waals surface area (Å²) in [6.45, 7) is -2.67. The number of rotatable bonds is 7. The number of benzene rings is 2. The van der Waals surface area contributed by atoms with Crippen LogP contribution in [0.4, 0.5) is 13.2 Å². The first-order chi connectivity index (χ1) is 11.9. The summed E-state index contributed by atoms with van der Waals surface area (Å²) >= 11 is 1.89. The maximum absolute atomic E-state index is 13.1. The molecule has 25 heavy (non-hydrogen) atoms. The van der Waals surface area contributed by atoms with Gasteiger partial charge in [0, 0.05) is 10.1 Å². The van der Waals surface area contributed by atoms with Crippen LogP contribution in [-0.2, 0) is 6.42 Å².